The third-order valence-electron chi connectivity index (χ3n) is 4.73. The van der Waals surface area contributed by atoms with Gasteiger partial charge in [-0.25, -0.2) is 4.98 Å². The molecule has 2 bridgehead atoms. The quantitative estimate of drug-likeness (QED) is 0.927. The van der Waals surface area contributed by atoms with E-state index >= 15 is 0 Å². The van der Waals surface area contributed by atoms with Gasteiger partial charge < -0.3 is 10.2 Å². The lowest BCUT2D eigenvalue weighted by molar-refractivity contribution is 0.0929. The molecule has 5 heteroatoms. The maximum absolute atomic E-state index is 12.5. The summed E-state index contributed by atoms with van der Waals surface area (Å²) >= 11 is 1.58. The maximum atomic E-state index is 12.5. The molecule has 1 unspecified atom stereocenters. The number of thiazole rings is 1. The third-order valence-corrected chi connectivity index (χ3v) is 5.52. The summed E-state index contributed by atoms with van der Waals surface area (Å²) in [5, 5.41) is 3.24. The number of hydrogen-bond donors (Lipinski definition) is 1. The van der Waals surface area contributed by atoms with Crippen LogP contribution in [0.1, 0.15) is 29.6 Å². The van der Waals surface area contributed by atoms with E-state index in [1.165, 1.54) is 25.9 Å². The molecule has 4 heterocycles. The van der Waals surface area contributed by atoms with Crippen LogP contribution in [0.25, 0.3) is 10.2 Å². The van der Waals surface area contributed by atoms with Crippen LogP contribution in [0.4, 0.5) is 0 Å². The number of rotatable bonds is 2. The zero-order valence-corrected chi connectivity index (χ0v) is 12.7. The fourth-order valence-corrected chi connectivity index (χ4v) is 4.28. The molecule has 0 aliphatic carbocycles. The van der Waals surface area contributed by atoms with E-state index in [1.54, 1.807) is 11.3 Å². The summed E-state index contributed by atoms with van der Waals surface area (Å²) in [4.78, 5) is 19.2. The molecule has 3 saturated heterocycles. The molecule has 1 amide bonds. The van der Waals surface area contributed by atoms with Crippen LogP contribution < -0.4 is 5.32 Å². The number of hydrogen-bond acceptors (Lipinski definition) is 4. The number of carbonyl (C=O) groups is 1. The Hall–Kier alpha value is -1.46. The van der Waals surface area contributed by atoms with E-state index < -0.39 is 0 Å². The van der Waals surface area contributed by atoms with Crippen molar-refractivity contribution in [1.82, 2.24) is 15.2 Å². The second-order valence-corrected chi connectivity index (χ2v) is 7.07. The Balaban J connectivity index is 1.49. The van der Waals surface area contributed by atoms with Crippen molar-refractivity contribution in [2.24, 2.45) is 5.92 Å². The van der Waals surface area contributed by atoms with Gasteiger partial charge in [0, 0.05) is 18.2 Å². The molecular weight excluding hydrogens is 282 g/mol. The molecule has 2 aromatic rings. The highest BCUT2D eigenvalue weighted by Gasteiger charge is 2.29. The summed E-state index contributed by atoms with van der Waals surface area (Å²) in [6.07, 6.45) is 3.71. The third kappa shape index (κ3) is 2.68. The van der Waals surface area contributed by atoms with E-state index in [0.29, 0.717) is 6.04 Å². The normalized spacial score (nSPS) is 28.5. The number of carbonyl (C=O) groups excluding carboxylic acids is 1. The summed E-state index contributed by atoms with van der Waals surface area (Å²) in [5.74, 6) is 0.843. The zero-order chi connectivity index (χ0) is 14.2. The fraction of sp³-hybridized carbons (Fsp3) is 0.500. The summed E-state index contributed by atoms with van der Waals surface area (Å²) in [6.45, 7) is 3.40. The van der Waals surface area contributed by atoms with E-state index in [1.807, 2.05) is 23.7 Å². The minimum atomic E-state index is 0.0535. The predicted octanol–water partition coefficient (Wildman–Crippen LogP) is 2.51. The molecule has 3 aliphatic rings. The molecule has 110 valence electrons. The molecule has 0 saturated carbocycles. The van der Waals surface area contributed by atoms with Crippen molar-refractivity contribution >= 4 is 27.5 Å². The molecule has 4 nitrogen and oxygen atoms in total. The number of aromatic nitrogens is 1. The first-order chi connectivity index (χ1) is 10.3. The second-order valence-electron chi connectivity index (χ2n) is 6.18. The molecule has 3 aliphatic heterocycles. The first kappa shape index (κ1) is 13.2. The van der Waals surface area contributed by atoms with Gasteiger partial charge in [0.05, 0.1) is 15.7 Å². The lowest BCUT2D eigenvalue weighted by atomic mass is 9.94. The molecule has 5 rings (SSSR count). The van der Waals surface area contributed by atoms with Gasteiger partial charge in [-0.1, -0.05) is 0 Å². The van der Waals surface area contributed by atoms with Crippen molar-refractivity contribution < 1.29 is 4.79 Å². The first-order valence-electron chi connectivity index (χ1n) is 7.64. The van der Waals surface area contributed by atoms with Crippen LogP contribution in [0.2, 0.25) is 0 Å². The van der Waals surface area contributed by atoms with Crippen LogP contribution in [-0.4, -0.2) is 41.5 Å². The van der Waals surface area contributed by atoms with E-state index in [9.17, 15) is 4.79 Å². The standard InChI is InChI=1S/C16H19N3OS/c20-16(12-1-2-14-15(8-12)21-10-17-14)18-13-7-11-3-5-19(9-13)6-4-11/h1-2,8,10-11,13H,3-7,9H2,(H,18,20). The number of amides is 1. The number of nitrogens with zero attached hydrogens (tertiary/aromatic N) is 2. The Labute approximate surface area is 128 Å². The molecule has 21 heavy (non-hydrogen) atoms. The summed E-state index contributed by atoms with van der Waals surface area (Å²) in [7, 11) is 0. The molecule has 1 aromatic heterocycles. The van der Waals surface area contributed by atoms with Crippen molar-refractivity contribution in [2.75, 3.05) is 19.6 Å². The van der Waals surface area contributed by atoms with E-state index in [4.69, 9.17) is 0 Å². The number of nitrogens with one attached hydrogen (secondary N) is 1. The summed E-state index contributed by atoms with van der Waals surface area (Å²) < 4.78 is 1.08. The monoisotopic (exact) mass is 301 g/mol. The van der Waals surface area contributed by atoms with Crippen LogP contribution in [0.3, 0.4) is 0 Å². The SMILES string of the molecule is O=C(NC1CC2CCN(CC2)C1)c1ccc2ncsc2c1. The number of benzene rings is 1. The van der Waals surface area contributed by atoms with Gasteiger partial charge in [0.25, 0.3) is 5.91 Å². The van der Waals surface area contributed by atoms with Crippen LogP contribution in [-0.2, 0) is 0 Å². The largest absolute Gasteiger partial charge is 0.348 e. The Bertz CT molecular complexity index is 646. The molecule has 3 fully saturated rings. The first-order valence-corrected chi connectivity index (χ1v) is 8.52. The molecule has 0 radical (unpaired) electrons. The Morgan fingerprint density at radius 1 is 1.33 bits per heavy atom. The van der Waals surface area contributed by atoms with Gasteiger partial charge in [0.1, 0.15) is 0 Å². The van der Waals surface area contributed by atoms with Crippen LogP contribution in [0.5, 0.6) is 0 Å². The summed E-state index contributed by atoms with van der Waals surface area (Å²) in [5.41, 5.74) is 3.54. The Kier molecular flexibility index (Phi) is 3.39. The van der Waals surface area contributed by atoms with E-state index in [-0.39, 0.29) is 5.91 Å². The van der Waals surface area contributed by atoms with Gasteiger partial charge >= 0.3 is 0 Å². The molecule has 1 aromatic carbocycles. The van der Waals surface area contributed by atoms with Crippen LogP contribution >= 0.6 is 11.3 Å². The molecule has 1 N–H and O–H groups in total. The van der Waals surface area contributed by atoms with Crippen LogP contribution in [0, 0.1) is 5.92 Å². The molecular formula is C16H19N3OS. The smallest absolute Gasteiger partial charge is 0.251 e. The van der Waals surface area contributed by atoms with Gasteiger partial charge in [-0.05, 0) is 56.5 Å². The minimum Gasteiger partial charge on any atom is -0.348 e. The van der Waals surface area contributed by atoms with Crippen molar-refractivity contribution in [3.8, 4) is 0 Å². The van der Waals surface area contributed by atoms with Crippen molar-refractivity contribution in [2.45, 2.75) is 25.3 Å². The average Bonchev–Trinajstić information content (AvgIpc) is 2.78. The number of piperidine rings is 1. The molecule has 0 spiro atoms. The van der Waals surface area contributed by atoms with Crippen molar-refractivity contribution in [1.29, 1.82) is 0 Å². The Morgan fingerprint density at radius 3 is 3.05 bits per heavy atom. The van der Waals surface area contributed by atoms with Crippen LogP contribution in [0.15, 0.2) is 23.7 Å². The van der Waals surface area contributed by atoms with Gasteiger partial charge in [-0.2, -0.15) is 0 Å². The minimum absolute atomic E-state index is 0.0535. The van der Waals surface area contributed by atoms with Crippen molar-refractivity contribution in [3.05, 3.63) is 29.3 Å². The van der Waals surface area contributed by atoms with Crippen molar-refractivity contribution in [3.63, 3.8) is 0 Å². The van der Waals surface area contributed by atoms with Gasteiger partial charge in [-0.15, -0.1) is 11.3 Å². The highest BCUT2D eigenvalue weighted by atomic mass is 32.1. The van der Waals surface area contributed by atoms with E-state index in [0.717, 1.165) is 34.7 Å². The van der Waals surface area contributed by atoms with Gasteiger partial charge in [0.15, 0.2) is 0 Å². The number of fused-ring (bicyclic) bond motifs is 5. The fourth-order valence-electron chi connectivity index (χ4n) is 3.56. The topological polar surface area (TPSA) is 45.2 Å². The maximum Gasteiger partial charge on any atom is 0.251 e. The second kappa shape index (κ2) is 5.39. The van der Waals surface area contributed by atoms with Gasteiger partial charge in [-0.3, -0.25) is 4.79 Å². The highest BCUT2D eigenvalue weighted by Crippen LogP contribution is 2.27. The Morgan fingerprint density at radius 2 is 2.19 bits per heavy atom. The predicted molar refractivity (Wildman–Crippen MR) is 84.7 cm³/mol. The van der Waals surface area contributed by atoms with Gasteiger partial charge in [0.2, 0.25) is 0 Å². The highest BCUT2D eigenvalue weighted by molar-refractivity contribution is 7.16. The lowest BCUT2D eigenvalue weighted by Gasteiger charge is -2.26. The lowest BCUT2D eigenvalue weighted by Crippen LogP contribution is -2.41. The van der Waals surface area contributed by atoms with E-state index in [2.05, 4.69) is 15.2 Å². The summed E-state index contributed by atoms with van der Waals surface area (Å²) in [6, 6.07) is 6.06. The average molecular weight is 301 g/mol. The molecule has 1 atom stereocenters. The zero-order valence-electron chi connectivity index (χ0n) is 11.9.